The lowest BCUT2D eigenvalue weighted by Crippen LogP contribution is -2.54. The van der Waals surface area contributed by atoms with E-state index in [4.69, 9.17) is 0 Å². The molecule has 0 radical (unpaired) electrons. The smallest absolute Gasteiger partial charge is 0.251 e. The Hall–Kier alpha value is -0.870. The van der Waals surface area contributed by atoms with Crippen molar-refractivity contribution in [3.63, 3.8) is 0 Å². The van der Waals surface area contributed by atoms with Crippen LogP contribution in [0.2, 0.25) is 0 Å². The average Bonchev–Trinajstić information content (AvgIpc) is 2.31. The van der Waals surface area contributed by atoms with Crippen LogP contribution in [0.5, 0.6) is 0 Å². The Morgan fingerprint density at radius 2 is 2.28 bits per heavy atom. The second kappa shape index (κ2) is 5.41. The number of carbonyl (C=O) groups excluding carboxylic acids is 1. The zero-order chi connectivity index (χ0) is 13.2. The molecule has 1 aromatic rings. The zero-order valence-electron chi connectivity index (χ0n) is 10.8. The molecule has 1 aromatic carbocycles. The monoisotopic (exact) mass is 310 g/mol. The van der Waals surface area contributed by atoms with Crippen LogP contribution in [0.15, 0.2) is 28.7 Å². The summed E-state index contributed by atoms with van der Waals surface area (Å²) >= 11 is 3.39. The first-order chi connectivity index (χ1) is 8.49. The minimum atomic E-state index is 0.0104. The molecule has 0 bridgehead atoms. The van der Waals surface area contributed by atoms with Crippen LogP contribution >= 0.6 is 15.9 Å². The fraction of sp³-hybridized carbons (Fsp3) is 0.500. The fourth-order valence-corrected chi connectivity index (χ4v) is 2.71. The average molecular weight is 311 g/mol. The van der Waals surface area contributed by atoms with Crippen LogP contribution in [0.25, 0.3) is 0 Å². The highest BCUT2D eigenvalue weighted by atomic mass is 79.9. The number of hydrogen-bond acceptors (Lipinski definition) is 2. The number of nitrogens with one attached hydrogen (secondary N) is 2. The van der Waals surface area contributed by atoms with E-state index in [0.717, 1.165) is 24.0 Å². The predicted octanol–water partition coefficient (Wildman–Crippen LogP) is 2.57. The lowest BCUT2D eigenvalue weighted by Gasteiger charge is -2.39. The summed E-state index contributed by atoms with van der Waals surface area (Å²) in [6.07, 6.45) is 0.979. The van der Waals surface area contributed by atoms with E-state index in [1.807, 2.05) is 24.3 Å². The molecular weight excluding hydrogens is 292 g/mol. The maximum absolute atomic E-state index is 12.2. The van der Waals surface area contributed by atoms with E-state index in [1.165, 1.54) is 0 Å². The van der Waals surface area contributed by atoms with Crippen molar-refractivity contribution in [3.8, 4) is 0 Å². The van der Waals surface area contributed by atoms with Crippen molar-refractivity contribution in [1.29, 1.82) is 0 Å². The van der Waals surface area contributed by atoms with E-state index in [0.29, 0.717) is 5.56 Å². The van der Waals surface area contributed by atoms with E-state index < -0.39 is 0 Å². The van der Waals surface area contributed by atoms with Gasteiger partial charge in [0, 0.05) is 22.6 Å². The van der Waals surface area contributed by atoms with Gasteiger partial charge in [-0.3, -0.25) is 4.79 Å². The molecule has 1 aliphatic rings. The van der Waals surface area contributed by atoms with Gasteiger partial charge in [-0.15, -0.1) is 0 Å². The number of halogens is 1. The highest BCUT2D eigenvalue weighted by molar-refractivity contribution is 9.10. The molecule has 0 aromatic heterocycles. The minimum Gasteiger partial charge on any atom is -0.349 e. The Bertz CT molecular complexity index is 445. The van der Waals surface area contributed by atoms with Gasteiger partial charge < -0.3 is 10.6 Å². The van der Waals surface area contributed by atoms with Gasteiger partial charge >= 0.3 is 0 Å². The molecule has 18 heavy (non-hydrogen) atoms. The van der Waals surface area contributed by atoms with Gasteiger partial charge in [0.2, 0.25) is 0 Å². The van der Waals surface area contributed by atoms with E-state index in [1.54, 1.807) is 0 Å². The summed E-state index contributed by atoms with van der Waals surface area (Å²) in [5.41, 5.74) is 0.804. The largest absolute Gasteiger partial charge is 0.349 e. The summed E-state index contributed by atoms with van der Waals surface area (Å²) in [6, 6.07) is 7.72. The first-order valence-corrected chi connectivity index (χ1v) is 7.05. The number of carbonyl (C=O) groups is 1. The quantitative estimate of drug-likeness (QED) is 0.881. The van der Waals surface area contributed by atoms with Crippen LogP contribution < -0.4 is 10.6 Å². The highest BCUT2D eigenvalue weighted by Crippen LogP contribution is 2.25. The molecule has 0 spiro atoms. The molecule has 2 rings (SSSR count). The number of rotatable bonds is 2. The Labute approximate surface area is 116 Å². The van der Waals surface area contributed by atoms with Gasteiger partial charge in [0.15, 0.2) is 0 Å². The Morgan fingerprint density at radius 1 is 1.50 bits per heavy atom. The van der Waals surface area contributed by atoms with Crippen LogP contribution in [0.4, 0.5) is 0 Å². The third kappa shape index (κ3) is 3.12. The Morgan fingerprint density at radius 3 is 2.94 bits per heavy atom. The third-order valence-electron chi connectivity index (χ3n) is 3.53. The summed E-state index contributed by atoms with van der Waals surface area (Å²) in [7, 11) is 0. The molecule has 0 aliphatic carbocycles. The van der Waals surface area contributed by atoms with Crippen LogP contribution in [0.3, 0.4) is 0 Å². The number of benzene rings is 1. The maximum atomic E-state index is 12.2. The molecule has 1 heterocycles. The van der Waals surface area contributed by atoms with Crippen LogP contribution in [-0.4, -0.2) is 25.0 Å². The van der Waals surface area contributed by atoms with Crippen molar-refractivity contribution in [3.05, 3.63) is 34.3 Å². The van der Waals surface area contributed by atoms with E-state index >= 15 is 0 Å². The van der Waals surface area contributed by atoms with Crippen molar-refractivity contribution >= 4 is 21.8 Å². The van der Waals surface area contributed by atoms with Gasteiger partial charge in [-0.25, -0.2) is 0 Å². The van der Waals surface area contributed by atoms with Gasteiger partial charge in [0.1, 0.15) is 0 Å². The Kier molecular flexibility index (Phi) is 4.07. The SMILES string of the molecule is CC1(C)CNCCC1NC(=O)c1cccc(Br)c1. The van der Waals surface area contributed by atoms with Crippen molar-refractivity contribution in [2.24, 2.45) is 5.41 Å². The molecule has 1 aliphatic heterocycles. The van der Waals surface area contributed by atoms with Gasteiger partial charge in [0.25, 0.3) is 5.91 Å². The standard InChI is InChI=1S/C14H19BrN2O/c1-14(2)9-16-7-6-12(14)17-13(18)10-4-3-5-11(15)8-10/h3-5,8,12,16H,6-7,9H2,1-2H3,(H,17,18). The fourth-order valence-electron chi connectivity index (χ4n) is 2.31. The number of piperidine rings is 1. The number of hydrogen-bond donors (Lipinski definition) is 2. The first kappa shape index (κ1) is 13.6. The summed E-state index contributed by atoms with van der Waals surface area (Å²) in [6.45, 7) is 6.28. The molecule has 1 unspecified atom stereocenters. The van der Waals surface area contributed by atoms with Gasteiger partial charge in [-0.1, -0.05) is 35.8 Å². The zero-order valence-corrected chi connectivity index (χ0v) is 12.4. The minimum absolute atomic E-state index is 0.0104. The van der Waals surface area contributed by atoms with Crippen molar-refractivity contribution < 1.29 is 4.79 Å². The second-order valence-corrected chi connectivity index (χ2v) is 6.41. The van der Waals surface area contributed by atoms with Crippen LogP contribution in [-0.2, 0) is 0 Å². The topological polar surface area (TPSA) is 41.1 Å². The van der Waals surface area contributed by atoms with Gasteiger partial charge in [0.05, 0.1) is 0 Å². The molecular formula is C14H19BrN2O. The number of amides is 1. The van der Waals surface area contributed by atoms with Gasteiger partial charge in [-0.2, -0.15) is 0 Å². The van der Waals surface area contributed by atoms with E-state index in [9.17, 15) is 4.79 Å². The molecule has 1 amide bonds. The van der Waals surface area contributed by atoms with Crippen LogP contribution in [0.1, 0.15) is 30.6 Å². The summed E-state index contributed by atoms with van der Waals surface area (Å²) in [5.74, 6) is 0.0104. The molecule has 2 N–H and O–H groups in total. The molecule has 1 atom stereocenters. The molecule has 1 saturated heterocycles. The molecule has 0 saturated carbocycles. The molecule has 3 nitrogen and oxygen atoms in total. The molecule has 98 valence electrons. The summed E-state index contributed by atoms with van der Waals surface area (Å²) in [5, 5.41) is 6.52. The maximum Gasteiger partial charge on any atom is 0.251 e. The predicted molar refractivity (Wildman–Crippen MR) is 76.7 cm³/mol. The molecule has 1 fully saturated rings. The first-order valence-electron chi connectivity index (χ1n) is 6.26. The van der Waals surface area contributed by atoms with E-state index in [2.05, 4.69) is 40.4 Å². The van der Waals surface area contributed by atoms with Crippen molar-refractivity contribution in [2.45, 2.75) is 26.3 Å². The van der Waals surface area contributed by atoms with Gasteiger partial charge in [-0.05, 0) is 36.6 Å². The summed E-state index contributed by atoms with van der Waals surface area (Å²) in [4.78, 5) is 12.2. The second-order valence-electron chi connectivity index (χ2n) is 5.49. The van der Waals surface area contributed by atoms with Crippen LogP contribution in [0, 0.1) is 5.41 Å². The van der Waals surface area contributed by atoms with E-state index in [-0.39, 0.29) is 17.4 Å². The highest BCUT2D eigenvalue weighted by Gasteiger charge is 2.33. The summed E-state index contributed by atoms with van der Waals surface area (Å²) < 4.78 is 0.930. The molecule has 4 heteroatoms. The van der Waals surface area contributed by atoms with Crippen molar-refractivity contribution in [1.82, 2.24) is 10.6 Å². The lowest BCUT2D eigenvalue weighted by atomic mass is 9.80. The Balaban J connectivity index is 2.07. The van der Waals surface area contributed by atoms with Crippen molar-refractivity contribution in [2.75, 3.05) is 13.1 Å². The third-order valence-corrected chi connectivity index (χ3v) is 4.02. The lowest BCUT2D eigenvalue weighted by molar-refractivity contribution is 0.0868. The normalized spacial score (nSPS) is 22.5.